The fraction of sp³-hybridized carbons (Fsp3) is 0.615. The SMILES string of the molecule is CCn1cc(N)cc1C(=O)N1CCCC(OC)C1. The minimum absolute atomic E-state index is 0.0512. The van der Waals surface area contributed by atoms with Gasteiger partial charge in [-0.3, -0.25) is 4.79 Å². The third-order valence-corrected chi connectivity index (χ3v) is 3.48. The van der Waals surface area contributed by atoms with Gasteiger partial charge < -0.3 is 19.9 Å². The van der Waals surface area contributed by atoms with Crippen LogP contribution in [0.15, 0.2) is 12.3 Å². The summed E-state index contributed by atoms with van der Waals surface area (Å²) in [5.41, 5.74) is 7.07. The molecule has 1 saturated heterocycles. The molecule has 1 aliphatic heterocycles. The van der Waals surface area contributed by atoms with Crippen molar-refractivity contribution in [1.82, 2.24) is 9.47 Å². The van der Waals surface area contributed by atoms with Crippen LogP contribution < -0.4 is 5.73 Å². The van der Waals surface area contributed by atoms with Gasteiger partial charge in [0.05, 0.1) is 11.8 Å². The van der Waals surface area contributed by atoms with Crippen LogP contribution in [0.4, 0.5) is 5.69 Å². The van der Waals surface area contributed by atoms with Crippen LogP contribution in [0.3, 0.4) is 0 Å². The Morgan fingerprint density at radius 3 is 3.06 bits per heavy atom. The van der Waals surface area contributed by atoms with Crippen molar-refractivity contribution in [2.75, 3.05) is 25.9 Å². The molecule has 100 valence electrons. The fourth-order valence-electron chi connectivity index (χ4n) is 2.45. The molecule has 5 nitrogen and oxygen atoms in total. The first-order chi connectivity index (χ1) is 8.65. The van der Waals surface area contributed by atoms with Gasteiger partial charge in [0.25, 0.3) is 5.91 Å². The van der Waals surface area contributed by atoms with Crippen LogP contribution in [-0.2, 0) is 11.3 Å². The molecule has 1 aromatic rings. The summed E-state index contributed by atoms with van der Waals surface area (Å²) in [6, 6.07) is 1.75. The zero-order valence-corrected chi connectivity index (χ0v) is 11.1. The number of carbonyl (C=O) groups is 1. The first-order valence-electron chi connectivity index (χ1n) is 6.43. The lowest BCUT2D eigenvalue weighted by Crippen LogP contribution is -2.43. The molecule has 0 aliphatic carbocycles. The van der Waals surface area contributed by atoms with E-state index in [1.165, 1.54) is 0 Å². The molecule has 2 heterocycles. The number of nitrogens with zero attached hydrogens (tertiary/aromatic N) is 2. The lowest BCUT2D eigenvalue weighted by atomic mass is 10.1. The Balaban J connectivity index is 2.14. The second-order valence-corrected chi connectivity index (χ2v) is 4.70. The predicted octanol–water partition coefficient (Wildman–Crippen LogP) is 1.34. The van der Waals surface area contributed by atoms with Gasteiger partial charge in [-0.05, 0) is 25.8 Å². The number of anilines is 1. The molecule has 1 atom stereocenters. The molecule has 0 aromatic carbocycles. The van der Waals surface area contributed by atoms with E-state index in [-0.39, 0.29) is 12.0 Å². The Labute approximate surface area is 108 Å². The molecule has 1 unspecified atom stereocenters. The van der Waals surface area contributed by atoms with Gasteiger partial charge in [-0.25, -0.2) is 0 Å². The first kappa shape index (κ1) is 13.0. The standard InChI is InChI=1S/C13H21N3O2/c1-3-15-8-10(14)7-12(15)13(17)16-6-4-5-11(9-16)18-2/h7-8,11H,3-6,9,14H2,1-2H3. The van der Waals surface area contributed by atoms with Crippen LogP contribution in [0.5, 0.6) is 0 Å². The van der Waals surface area contributed by atoms with Crippen molar-refractivity contribution < 1.29 is 9.53 Å². The maximum atomic E-state index is 12.4. The normalized spacial score (nSPS) is 20.1. The average molecular weight is 251 g/mol. The molecule has 0 spiro atoms. The summed E-state index contributed by atoms with van der Waals surface area (Å²) >= 11 is 0. The molecule has 1 fully saturated rings. The highest BCUT2D eigenvalue weighted by Crippen LogP contribution is 2.18. The second kappa shape index (κ2) is 5.44. The van der Waals surface area contributed by atoms with E-state index in [1.807, 2.05) is 22.6 Å². The molecule has 1 aliphatic rings. The van der Waals surface area contributed by atoms with Crippen LogP contribution in [0.25, 0.3) is 0 Å². The van der Waals surface area contributed by atoms with Crippen LogP contribution in [0.1, 0.15) is 30.3 Å². The summed E-state index contributed by atoms with van der Waals surface area (Å²) in [6.45, 7) is 4.22. The highest BCUT2D eigenvalue weighted by atomic mass is 16.5. The van der Waals surface area contributed by atoms with Crippen molar-refractivity contribution >= 4 is 11.6 Å². The van der Waals surface area contributed by atoms with Crippen molar-refractivity contribution in [2.24, 2.45) is 0 Å². The number of hydrogen-bond donors (Lipinski definition) is 1. The summed E-state index contributed by atoms with van der Waals surface area (Å²) in [5, 5.41) is 0. The van der Waals surface area contributed by atoms with Gasteiger partial charge in [0.15, 0.2) is 0 Å². The van der Waals surface area contributed by atoms with Crippen molar-refractivity contribution in [3.63, 3.8) is 0 Å². The molecule has 1 amide bonds. The van der Waals surface area contributed by atoms with E-state index in [0.29, 0.717) is 17.9 Å². The number of nitrogens with two attached hydrogens (primary N) is 1. The maximum absolute atomic E-state index is 12.4. The molecule has 0 radical (unpaired) electrons. The van der Waals surface area contributed by atoms with Gasteiger partial charge in [-0.1, -0.05) is 0 Å². The number of nitrogen functional groups attached to an aromatic ring is 1. The number of piperidine rings is 1. The molecule has 2 N–H and O–H groups in total. The minimum Gasteiger partial charge on any atom is -0.397 e. The van der Waals surface area contributed by atoms with Crippen LogP contribution in [0.2, 0.25) is 0 Å². The minimum atomic E-state index is 0.0512. The van der Waals surface area contributed by atoms with Gasteiger partial charge in [-0.15, -0.1) is 0 Å². The molecule has 1 aromatic heterocycles. The molecule has 18 heavy (non-hydrogen) atoms. The number of rotatable bonds is 3. The van der Waals surface area contributed by atoms with Crippen LogP contribution >= 0.6 is 0 Å². The van der Waals surface area contributed by atoms with Gasteiger partial charge in [-0.2, -0.15) is 0 Å². The molecule has 2 rings (SSSR count). The summed E-state index contributed by atoms with van der Waals surface area (Å²) < 4.78 is 7.24. The summed E-state index contributed by atoms with van der Waals surface area (Å²) in [6.07, 6.45) is 3.99. The topological polar surface area (TPSA) is 60.5 Å². The Kier molecular flexibility index (Phi) is 3.91. The lowest BCUT2D eigenvalue weighted by molar-refractivity contribution is 0.0263. The van der Waals surface area contributed by atoms with E-state index in [0.717, 1.165) is 25.9 Å². The van der Waals surface area contributed by atoms with Gasteiger partial charge >= 0.3 is 0 Å². The van der Waals surface area contributed by atoms with E-state index in [2.05, 4.69) is 0 Å². The third kappa shape index (κ3) is 2.51. The fourth-order valence-corrected chi connectivity index (χ4v) is 2.45. The van der Waals surface area contributed by atoms with Crippen molar-refractivity contribution in [1.29, 1.82) is 0 Å². The van der Waals surface area contributed by atoms with Crippen molar-refractivity contribution in [2.45, 2.75) is 32.4 Å². The number of methoxy groups -OCH3 is 1. The Morgan fingerprint density at radius 1 is 1.61 bits per heavy atom. The van der Waals surface area contributed by atoms with E-state index in [1.54, 1.807) is 13.2 Å². The summed E-state index contributed by atoms with van der Waals surface area (Å²) in [4.78, 5) is 14.3. The van der Waals surface area contributed by atoms with E-state index < -0.39 is 0 Å². The monoisotopic (exact) mass is 251 g/mol. The van der Waals surface area contributed by atoms with E-state index in [4.69, 9.17) is 10.5 Å². The third-order valence-electron chi connectivity index (χ3n) is 3.48. The molecule has 0 saturated carbocycles. The maximum Gasteiger partial charge on any atom is 0.270 e. The molecular formula is C13H21N3O2. The Hall–Kier alpha value is -1.49. The smallest absolute Gasteiger partial charge is 0.270 e. The number of ether oxygens (including phenoxy) is 1. The number of hydrogen-bond acceptors (Lipinski definition) is 3. The van der Waals surface area contributed by atoms with Gasteiger partial charge in [0, 0.05) is 32.9 Å². The number of aromatic nitrogens is 1. The largest absolute Gasteiger partial charge is 0.397 e. The Morgan fingerprint density at radius 2 is 2.39 bits per heavy atom. The number of aryl methyl sites for hydroxylation is 1. The predicted molar refractivity (Wildman–Crippen MR) is 70.5 cm³/mol. The molecular weight excluding hydrogens is 230 g/mol. The van der Waals surface area contributed by atoms with Crippen LogP contribution in [-0.4, -0.2) is 41.7 Å². The number of likely N-dealkylation sites (tertiary alicyclic amines) is 1. The molecule has 0 bridgehead atoms. The van der Waals surface area contributed by atoms with Crippen LogP contribution in [0, 0.1) is 0 Å². The Bertz CT molecular complexity index is 428. The number of amides is 1. The van der Waals surface area contributed by atoms with Gasteiger partial charge in [0.2, 0.25) is 0 Å². The van der Waals surface area contributed by atoms with E-state index >= 15 is 0 Å². The molecule has 5 heteroatoms. The first-order valence-corrected chi connectivity index (χ1v) is 6.43. The highest BCUT2D eigenvalue weighted by Gasteiger charge is 2.26. The number of carbonyl (C=O) groups excluding carboxylic acids is 1. The zero-order valence-electron chi connectivity index (χ0n) is 11.1. The zero-order chi connectivity index (χ0) is 13.1. The van der Waals surface area contributed by atoms with Gasteiger partial charge in [0.1, 0.15) is 5.69 Å². The van der Waals surface area contributed by atoms with Crippen molar-refractivity contribution in [3.05, 3.63) is 18.0 Å². The van der Waals surface area contributed by atoms with Crippen molar-refractivity contribution in [3.8, 4) is 0 Å². The average Bonchev–Trinajstić information content (AvgIpc) is 2.79. The highest BCUT2D eigenvalue weighted by molar-refractivity contribution is 5.94. The lowest BCUT2D eigenvalue weighted by Gasteiger charge is -2.32. The second-order valence-electron chi connectivity index (χ2n) is 4.70. The summed E-state index contributed by atoms with van der Waals surface area (Å²) in [5.74, 6) is 0.0512. The summed E-state index contributed by atoms with van der Waals surface area (Å²) in [7, 11) is 1.70. The quantitative estimate of drug-likeness (QED) is 0.882. The van der Waals surface area contributed by atoms with E-state index in [9.17, 15) is 4.79 Å².